The van der Waals surface area contributed by atoms with Crippen LogP contribution in [0, 0.1) is 0 Å². The van der Waals surface area contributed by atoms with Crippen molar-refractivity contribution in [1.82, 2.24) is 9.78 Å². The predicted octanol–water partition coefficient (Wildman–Crippen LogP) is 2.01. The van der Waals surface area contributed by atoms with Gasteiger partial charge in [-0.3, -0.25) is 4.68 Å². The number of halogens is 1. The second-order valence-corrected chi connectivity index (χ2v) is 6.07. The van der Waals surface area contributed by atoms with E-state index in [0.717, 1.165) is 41.7 Å². The van der Waals surface area contributed by atoms with E-state index in [1.807, 2.05) is 4.68 Å². The minimum atomic E-state index is -0.653. The first kappa shape index (κ1) is 14.0. The molecule has 102 valence electrons. The van der Waals surface area contributed by atoms with Crippen LogP contribution in [0.4, 0.5) is 0 Å². The van der Waals surface area contributed by atoms with Gasteiger partial charge in [0, 0.05) is 19.0 Å². The third-order valence-electron chi connectivity index (χ3n) is 3.81. The zero-order valence-corrected chi connectivity index (χ0v) is 12.7. The summed E-state index contributed by atoms with van der Waals surface area (Å²) in [5, 5.41) is 15.2. The van der Waals surface area contributed by atoms with Crippen molar-refractivity contribution >= 4 is 15.9 Å². The zero-order chi connectivity index (χ0) is 13.3. The highest BCUT2D eigenvalue weighted by molar-refractivity contribution is 9.10. The van der Waals surface area contributed by atoms with E-state index < -0.39 is 5.60 Å². The van der Waals surface area contributed by atoms with Crippen molar-refractivity contribution in [2.24, 2.45) is 5.73 Å². The SMILES string of the molecule is CCc1nn(CC)c(CC2(O)CCC(N)C2)c1Br. The molecule has 1 aromatic rings. The number of hydrogen-bond acceptors (Lipinski definition) is 3. The van der Waals surface area contributed by atoms with Crippen LogP contribution in [0.25, 0.3) is 0 Å². The van der Waals surface area contributed by atoms with Gasteiger partial charge in [0.2, 0.25) is 0 Å². The Bertz CT molecular complexity index is 432. The molecule has 5 heteroatoms. The van der Waals surface area contributed by atoms with Crippen molar-refractivity contribution in [3.8, 4) is 0 Å². The molecule has 0 aromatic carbocycles. The Balaban J connectivity index is 2.25. The molecule has 0 amide bonds. The Morgan fingerprint density at radius 1 is 1.56 bits per heavy atom. The Hall–Kier alpha value is -0.390. The molecule has 0 aliphatic heterocycles. The molecule has 0 bridgehead atoms. The molecule has 1 heterocycles. The maximum atomic E-state index is 10.6. The fourth-order valence-corrected chi connectivity index (χ4v) is 3.51. The normalized spacial score (nSPS) is 27.9. The van der Waals surface area contributed by atoms with Gasteiger partial charge in [-0.05, 0) is 48.5 Å². The first-order chi connectivity index (χ1) is 8.49. The van der Waals surface area contributed by atoms with Crippen LogP contribution < -0.4 is 5.73 Å². The quantitative estimate of drug-likeness (QED) is 0.893. The van der Waals surface area contributed by atoms with E-state index in [0.29, 0.717) is 12.8 Å². The number of aryl methyl sites for hydroxylation is 2. The maximum Gasteiger partial charge on any atom is 0.0766 e. The maximum absolute atomic E-state index is 10.6. The number of nitrogens with zero attached hydrogens (tertiary/aromatic N) is 2. The highest BCUT2D eigenvalue weighted by Crippen LogP contribution is 2.34. The molecule has 3 N–H and O–H groups in total. The Morgan fingerprint density at radius 2 is 2.28 bits per heavy atom. The number of hydrogen-bond donors (Lipinski definition) is 2. The molecule has 2 atom stereocenters. The summed E-state index contributed by atoms with van der Waals surface area (Å²) in [5.41, 5.74) is 7.43. The van der Waals surface area contributed by atoms with Gasteiger partial charge < -0.3 is 10.8 Å². The van der Waals surface area contributed by atoms with Gasteiger partial charge in [-0.2, -0.15) is 5.10 Å². The second kappa shape index (κ2) is 5.31. The molecule has 0 spiro atoms. The largest absolute Gasteiger partial charge is 0.389 e. The van der Waals surface area contributed by atoms with Crippen molar-refractivity contribution in [1.29, 1.82) is 0 Å². The van der Waals surface area contributed by atoms with Crippen LogP contribution in [-0.2, 0) is 19.4 Å². The Kier molecular flexibility index (Phi) is 4.14. The molecular weight excluding hydrogens is 294 g/mol. The van der Waals surface area contributed by atoms with Crippen molar-refractivity contribution in [3.05, 3.63) is 15.9 Å². The van der Waals surface area contributed by atoms with Crippen LogP contribution in [0.5, 0.6) is 0 Å². The first-order valence-electron chi connectivity index (χ1n) is 6.71. The van der Waals surface area contributed by atoms with Gasteiger partial charge in [0.05, 0.1) is 21.5 Å². The number of aromatic nitrogens is 2. The minimum Gasteiger partial charge on any atom is -0.389 e. The average Bonchev–Trinajstić information content (AvgIpc) is 2.82. The molecule has 1 aliphatic carbocycles. The molecule has 0 saturated heterocycles. The van der Waals surface area contributed by atoms with E-state index in [-0.39, 0.29) is 6.04 Å². The van der Waals surface area contributed by atoms with Crippen molar-refractivity contribution in [2.45, 2.75) is 64.1 Å². The van der Waals surface area contributed by atoms with Gasteiger partial charge in [0.15, 0.2) is 0 Å². The second-order valence-electron chi connectivity index (χ2n) is 5.28. The summed E-state index contributed by atoms with van der Waals surface area (Å²) in [4.78, 5) is 0. The first-order valence-corrected chi connectivity index (χ1v) is 7.50. The van der Waals surface area contributed by atoms with E-state index in [4.69, 9.17) is 5.73 Å². The third-order valence-corrected chi connectivity index (χ3v) is 4.73. The standard InChI is InChI=1S/C13H22BrN3O/c1-3-10-12(14)11(17(4-2)16-10)8-13(18)6-5-9(15)7-13/h9,18H,3-8,15H2,1-2H3. The molecule has 2 rings (SSSR count). The summed E-state index contributed by atoms with van der Waals surface area (Å²) in [7, 11) is 0. The van der Waals surface area contributed by atoms with Gasteiger partial charge in [-0.25, -0.2) is 0 Å². The number of aliphatic hydroxyl groups is 1. The molecule has 0 radical (unpaired) electrons. The lowest BCUT2D eigenvalue weighted by molar-refractivity contribution is 0.0446. The lowest BCUT2D eigenvalue weighted by Gasteiger charge is -2.23. The number of nitrogens with two attached hydrogens (primary N) is 1. The Morgan fingerprint density at radius 3 is 2.78 bits per heavy atom. The highest BCUT2D eigenvalue weighted by Gasteiger charge is 2.37. The van der Waals surface area contributed by atoms with E-state index in [1.165, 1.54) is 0 Å². The minimum absolute atomic E-state index is 0.136. The third kappa shape index (κ3) is 2.63. The average molecular weight is 316 g/mol. The fraction of sp³-hybridized carbons (Fsp3) is 0.769. The number of rotatable bonds is 4. The molecule has 1 aliphatic rings. The van der Waals surface area contributed by atoms with Gasteiger partial charge in [0.1, 0.15) is 0 Å². The van der Waals surface area contributed by atoms with Crippen molar-refractivity contribution in [3.63, 3.8) is 0 Å². The van der Waals surface area contributed by atoms with Crippen LogP contribution in [0.3, 0.4) is 0 Å². The monoisotopic (exact) mass is 315 g/mol. The molecule has 18 heavy (non-hydrogen) atoms. The lowest BCUT2D eigenvalue weighted by Crippen LogP contribution is -2.31. The molecule has 1 fully saturated rings. The molecular formula is C13H22BrN3O. The summed E-state index contributed by atoms with van der Waals surface area (Å²) in [5.74, 6) is 0. The molecule has 4 nitrogen and oxygen atoms in total. The van der Waals surface area contributed by atoms with E-state index >= 15 is 0 Å². The zero-order valence-electron chi connectivity index (χ0n) is 11.1. The predicted molar refractivity (Wildman–Crippen MR) is 75.5 cm³/mol. The molecule has 2 unspecified atom stereocenters. The van der Waals surface area contributed by atoms with Gasteiger partial charge in [0.25, 0.3) is 0 Å². The van der Waals surface area contributed by atoms with Gasteiger partial charge in [-0.1, -0.05) is 6.92 Å². The topological polar surface area (TPSA) is 64.1 Å². The van der Waals surface area contributed by atoms with Crippen LogP contribution in [0.15, 0.2) is 4.47 Å². The summed E-state index contributed by atoms with van der Waals surface area (Å²) in [6.45, 7) is 5.00. The van der Waals surface area contributed by atoms with Crippen LogP contribution in [0.1, 0.15) is 44.5 Å². The van der Waals surface area contributed by atoms with E-state index in [1.54, 1.807) is 0 Å². The fourth-order valence-electron chi connectivity index (χ4n) is 2.80. The Labute approximate surface area is 117 Å². The smallest absolute Gasteiger partial charge is 0.0766 e. The summed E-state index contributed by atoms with van der Waals surface area (Å²) in [6.07, 6.45) is 3.93. The van der Waals surface area contributed by atoms with Crippen molar-refractivity contribution in [2.75, 3.05) is 0 Å². The van der Waals surface area contributed by atoms with Crippen molar-refractivity contribution < 1.29 is 5.11 Å². The van der Waals surface area contributed by atoms with Gasteiger partial charge >= 0.3 is 0 Å². The van der Waals surface area contributed by atoms with E-state index in [2.05, 4.69) is 34.9 Å². The summed E-state index contributed by atoms with van der Waals surface area (Å²) in [6, 6.07) is 0.136. The van der Waals surface area contributed by atoms with Gasteiger partial charge in [-0.15, -0.1) is 0 Å². The summed E-state index contributed by atoms with van der Waals surface area (Å²) < 4.78 is 3.05. The van der Waals surface area contributed by atoms with Crippen LogP contribution in [0.2, 0.25) is 0 Å². The highest BCUT2D eigenvalue weighted by atomic mass is 79.9. The van der Waals surface area contributed by atoms with Crippen LogP contribution >= 0.6 is 15.9 Å². The van der Waals surface area contributed by atoms with E-state index in [9.17, 15) is 5.11 Å². The van der Waals surface area contributed by atoms with Crippen LogP contribution in [-0.4, -0.2) is 26.5 Å². The molecule has 1 aromatic heterocycles. The molecule has 1 saturated carbocycles. The summed E-state index contributed by atoms with van der Waals surface area (Å²) >= 11 is 3.62. The lowest BCUT2D eigenvalue weighted by atomic mass is 9.95.